The Hall–Kier alpha value is -1.61. The Bertz CT molecular complexity index is 736. The van der Waals surface area contributed by atoms with E-state index in [4.69, 9.17) is 9.47 Å². The average molecular weight is 475 g/mol. The molecule has 32 heavy (non-hydrogen) atoms. The van der Waals surface area contributed by atoms with E-state index in [0.717, 1.165) is 38.8 Å². The van der Waals surface area contributed by atoms with Gasteiger partial charge in [-0.2, -0.15) is 13.2 Å². The Morgan fingerprint density at radius 1 is 1.00 bits per heavy atom. The molecule has 0 unspecified atom stereocenters. The van der Waals surface area contributed by atoms with Gasteiger partial charge in [-0.05, 0) is 88.4 Å². The first-order valence-electron chi connectivity index (χ1n) is 11.2. The van der Waals surface area contributed by atoms with Crippen LogP contribution in [0, 0.1) is 5.92 Å². The third kappa shape index (κ3) is 8.06. The number of piperazine rings is 1. The van der Waals surface area contributed by atoms with E-state index >= 15 is 0 Å². The monoisotopic (exact) mass is 474 g/mol. The van der Waals surface area contributed by atoms with Crippen LogP contribution in [0.1, 0.15) is 46.5 Å². The van der Waals surface area contributed by atoms with Crippen LogP contribution in [0.2, 0.25) is 0 Å². The van der Waals surface area contributed by atoms with Crippen molar-refractivity contribution in [1.82, 2.24) is 9.80 Å². The number of hydrogen-bond donors (Lipinski definition) is 0. The number of amides is 1. The number of alkyl halides is 3. The normalized spacial score (nSPS) is 23.1. The molecule has 0 bridgehead atoms. The third-order valence-corrected chi connectivity index (χ3v) is 6.58. The van der Waals surface area contributed by atoms with Crippen molar-refractivity contribution in [3.63, 3.8) is 0 Å². The van der Waals surface area contributed by atoms with E-state index < -0.39 is 11.1 Å². The highest BCUT2D eigenvalue weighted by atomic mass is 32.2. The molecule has 180 valence electrons. The van der Waals surface area contributed by atoms with Gasteiger partial charge < -0.3 is 14.4 Å². The van der Waals surface area contributed by atoms with Gasteiger partial charge in [-0.3, -0.25) is 4.90 Å². The Morgan fingerprint density at radius 3 is 2.12 bits per heavy atom. The Labute approximate surface area is 192 Å². The maximum atomic E-state index is 12.4. The maximum absolute atomic E-state index is 12.4. The van der Waals surface area contributed by atoms with Crippen LogP contribution in [0.5, 0.6) is 5.75 Å². The molecule has 1 aromatic carbocycles. The highest BCUT2D eigenvalue weighted by Gasteiger charge is 2.31. The number of ether oxygens (including phenoxy) is 2. The van der Waals surface area contributed by atoms with Crippen molar-refractivity contribution in [1.29, 1.82) is 0 Å². The Morgan fingerprint density at radius 2 is 1.59 bits per heavy atom. The number of nitrogens with zero attached hydrogens (tertiary/aromatic N) is 2. The summed E-state index contributed by atoms with van der Waals surface area (Å²) in [6.07, 6.45) is 4.10. The second-order valence-corrected chi connectivity index (χ2v) is 10.6. The van der Waals surface area contributed by atoms with E-state index in [1.165, 1.54) is 12.1 Å². The van der Waals surface area contributed by atoms with Gasteiger partial charge in [-0.1, -0.05) is 0 Å². The minimum atomic E-state index is -4.27. The van der Waals surface area contributed by atoms with Crippen LogP contribution in [-0.4, -0.2) is 65.8 Å². The number of rotatable bonds is 5. The van der Waals surface area contributed by atoms with Gasteiger partial charge in [-0.15, -0.1) is 0 Å². The van der Waals surface area contributed by atoms with E-state index in [1.807, 2.05) is 20.8 Å². The maximum Gasteiger partial charge on any atom is 0.446 e. The quantitative estimate of drug-likeness (QED) is 0.506. The van der Waals surface area contributed by atoms with Gasteiger partial charge in [0.25, 0.3) is 0 Å². The summed E-state index contributed by atoms with van der Waals surface area (Å²) in [5.41, 5.74) is -4.75. The molecule has 1 saturated carbocycles. The van der Waals surface area contributed by atoms with E-state index in [0.29, 0.717) is 37.4 Å². The van der Waals surface area contributed by atoms with Crippen LogP contribution >= 0.6 is 11.8 Å². The second kappa shape index (κ2) is 10.5. The molecule has 0 spiro atoms. The molecule has 1 heterocycles. The summed E-state index contributed by atoms with van der Waals surface area (Å²) in [7, 11) is 0. The van der Waals surface area contributed by atoms with E-state index in [1.54, 1.807) is 17.0 Å². The summed E-state index contributed by atoms with van der Waals surface area (Å²) in [5.74, 6) is 1.07. The largest absolute Gasteiger partial charge is 0.493 e. The van der Waals surface area contributed by atoms with Crippen LogP contribution in [0.25, 0.3) is 0 Å². The van der Waals surface area contributed by atoms with Crippen molar-refractivity contribution in [2.24, 2.45) is 5.92 Å². The molecular formula is C23H33F3N2O3S. The van der Waals surface area contributed by atoms with Crippen LogP contribution in [-0.2, 0) is 4.74 Å². The van der Waals surface area contributed by atoms with Crippen LogP contribution in [0.4, 0.5) is 18.0 Å². The molecular weight excluding hydrogens is 441 g/mol. The Kier molecular flexibility index (Phi) is 8.25. The van der Waals surface area contributed by atoms with Crippen molar-refractivity contribution in [3.05, 3.63) is 24.3 Å². The van der Waals surface area contributed by atoms with Crippen molar-refractivity contribution < 1.29 is 27.4 Å². The molecule has 1 amide bonds. The van der Waals surface area contributed by atoms with Gasteiger partial charge in [0.15, 0.2) is 0 Å². The summed E-state index contributed by atoms with van der Waals surface area (Å²) < 4.78 is 48.5. The smallest absolute Gasteiger partial charge is 0.446 e. The SMILES string of the molecule is CC(C)(C)OC(=O)N1CCN([C@H]2CC[C@H](COc3ccc(SC(F)(F)F)cc3)CC2)CC1. The number of benzene rings is 1. The van der Waals surface area contributed by atoms with Crippen LogP contribution in [0.3, 0.4) is 0 Å². The minimum absolute atomic E-state index is 0.116. The second-order valence-electron chi connectivity index (χ2n) is 9.51. The number of carbonyl (C=O) groups excluding carboxylic acids is 1. The summed E-state index contributed by atoms with van der Waals surface area (Å²) in [4.78, 5) is 16.7. The molecule has 1 saturated heterocycles. The summed E-state index contributed by atoms with van der Waals surface area (Å²) in [6, 6.07) is 6.63. The van der Waals surface area contributed by atoms with E-state index in [2.05, 4.69) is 4.90 Å². The molecule has 1 aliphatic heterocycles. The number of halogens is 3. The molecule has 0 aromatic heterocycles. The standard InChI is InChI=1S/C23H33F3N2O3S/c1-22(2,3)31-21(29)28-14-12-27(13-15-28)18-6-4-17(5-7-18)16-30-19-8-10-20(11-9-19)32-23(24,25)26/h8-11,17-18H,4-7,12-16H2,1-3H3/t17-,18-. The minimum Gasteiger partial charge on any atom is -0.493 e. The molecule has 5 nitrogen and oxygen atoms in total. The van der Waals surface area contributed by atoms with Crippen molar-refractivity contribution in [3.8, 4) is 5.75 Å². The number of thioether (sulfide) groups is 1. The van der Waals surface area contributed by atoms with Gasteiger partial charge in [0.05, 0.1) is 6.61 Å². The predicted octanol–water partition coefficient (Wildman–Crippen LogP) is 5.79. The molecule has 2 aliphatic rings. The summed E-state index contributed by atoms with van der Waals surface area (Å²) in [6.45, 7) is 9.36. The van der Waals surface area contributed by atoms with Gasteiger partial charge in [0, 0.05) is 37.1 Å². The molecule has 1 aromatic rings. The fraction of sp³-hybridized carbons (Fsp3) is 0.696. The zero-order valence-electron chi connectivity index (χ0n) is 19.0. The predicted molar refractivity (Wildman–Crippen MR) is 119 cm³/mol. The van der Waals surface area contributed by atoms with Gasteiger partial charge in [-0.25, -0.2) is 4.79 Å². The highest BCUT2D eigenvalue weighted by molar-refractivity contribution is 8.00. The molecule has 2 fully saturated rings. The molecule has 9 heteroatoms. The van der Waals surface area contributed by atoms with Crippen molar-refractivity contribution in [2.75, 3.05) is 32.8 Å². The molecule has 3 rings (SSSR count). The van der Waals surface area contributed by atoms with Gasteiger partial charge in [0.2, 0.25) is 0 Å². The lowest BCUT2D eigenvalue weighted by Gasteiger charge is -2.42. The lowest BCUT2D eigenvalue weighted by molar-refractivity contribution is -0.0328. The van der Waals surface area contributed by atoms with Crippen LogP contribution in [0.15, 0.2) is 29.2 Å². The molecule has 0 N–H and O–H groups in total. The van der Waals surface area contributed by atoms with Gasteiger partial charge in [0.1, 0.15) is 11.4 Å². The number of carbonyl (C=O) groups is 1. The third-order valence-electron chi connectivity index (χ3n) is 5.84. The molecule has 0 atom stereocenters. The lowest BCUT2D eigenvalue weighted by atomic mass is 9.85. The first-order chi connectivity index (χ1) is 15.0. The fourth-order valence-corrected chi connectivity index (χ4v) is 4.76. The zero-order chi connectivity index (χ0) is 23.4. The van der Waals surface area contributed by atoms with Gasteiger partial charge >= 0.3 is 11.6 Å². The first-order valence-corrected chi connectivity index (χ1v) is 12.0. The number of hydrogen-bond acceptors (Lipinski definition) is 5. The molecule has 1 aliphatic carbocycles. The molecule has 0 radical (unpaired) electrons. The average Bonchev–Trinajstić information content (AvgIpc) is 2.71. The van der Waals surface area contributed by atoms with Crippen LogP contribution < -0.4 is 4.74 Å². The van der Waals surface area contributed by atoms with Crippen molar-refractivity contribution >= 4 is 17.9 Å². The zero-order valence-corrected chi connectivity index (χ0v) is 19.8. The topological polar surface area (TPSA) is 42.0 Å². The first kappa shape index (κ1) is 25.0. The van der Waals surface area contributed by atoms with Crippen molar-refractivity contribution in [2.45, 2.75) is 68.5 Å². The van der Waals surface area contributed by atoms with E-state index in [9.17, 15) is 18.0 Å². The highest BCUT2D eigenvalue weighted by Crippen LogP contribution is 2.37. The summed E-state index contributed by atoms with van der Waals surface area (Å²) in [5, 5.41) is 0. The lowest BCUT2D eigenvalue weighted by Crippen LogP contribution is -2.53. The Balaban J connectivity index is 1.35. The summed E-state index contributed by atoms with van der Waals surface area (Å²) >= 11 is -0.116. The van der Waals surface area contributed by atoms with E-state index in [-0.39, 0.29) is 22.8 Å². The fourth-order valence-electron chi connectivity index (χ4n) is 4.22.